The van der Waals surface area contributed by atoms with Gasteiger partial charge >= 0.3 is 0 Å². The highest BCUT2D eigenvalue weighted by Crippen LogP contribution is 2.33. The molecule has 0 saturated carbocycles. The SMILES string of the molecule is N#CCCC(C#N)CC(C#N)(C#N)CC(C#N)C#N. The van der Waals surface area contributed by atoms with Crippen LogP contribution in [0.25, 0.3) is 0 Å². The second-order valence-corrected chi connectivity index (χ2v) is 4.05. The first kappa shape index (κ1) is 15.9. The summed E-state index contributed by atoms with van der Waals surface area (Å²) in [5, 5.41) is 53.1. The van der Waals surface area contributed by atoms with Crippen LogP contribution in [0.3, 0.4) is 0 Å². The molecule has 0 rings (SSSR count). The molecule has 0 N–H and O–H groups in total. The third kappa shape index (κ3) is 4.75. The van der Waals surface area contributed by atoms with Crippen LogP contribution in [-0.4, -0.2) is 0 Å². The average molecular weight is 250 g/mol. The Labute approximate surface area is 111 Å². The van der Waals surface area contributed by atoms with Gasteiger partial charge in [-0.3, -0.25) is 0 Å². The molecule has 0 saturated heterocycles. The Morgan fingerprint density at radius 2 is 1.37 bits per heavy atom. The van der Waals surface area contributed by atoms with Crippen LogP contribution >= 0.6 is 0 Å². The maximum absolute atomic E-state index is 9.12. The first-order valence-corrected chi connectivity index (χ1v) is 5.49. The molecule has 1 unspecified atom stereocenters. The molecule has 0 spiro atoms. The zero-order chi connectivity index (χ0) is 14.7. The molecule has 19 heavy (non-hydrogen) atoms. The third-order valence-corrected chi connectivity index (χ3v) is 2.67. The molecule has 0 heterocycles. The molecule has 0 fully saturated rings. The van der Waals surface area contributed by atoms with Crippen LogP contribution in [0.15, 0.2) is 0 Å². The molecule has 0 aromatic rings. The molecule has 92 valence electrons. The van der Waals surface area contributed by atoms with Crippen LogP contribution < -0.4 is 0 Å². The number of hydrogen-bond acceptors (Lipinski definition) is 6. The monoisotopic (exact) mass is 250 g/mol. The quantitative estimate of drug-likeness (QED) is 0.704. The highest BCUT2D eigenvalue weighted by Gasteiger charge is 2.36. The summed E-state index contributed by atoms with van der Waals surface area (Å²) in [5.41, 5.74) is -1.54. The fraction of sp³-hybridized carbons (Fsp3) is 0.538. The van der Waals surface area contributed by atoms with Gasteiger partial charge in [-0.25, -0.2) is 0 Å². The molecule has 6 nitrogen and oxygen atoms in total. The lowest BCUT2D eigenvalue weighted by Gasteiger charge is -2.20. The number of nitriles is 6. The van der Waals surface area contributed by atoms with Gasteiger partial charge in [-0.05, 0) is 12.8 Å². The molecule has 0 aromatic carbocycles. The van der Waals surface area contributed by atoms with Gasteiger partial charge in [0.2, 0.25) is 0 Å². The maximum Gasteiger partial charge on any atom is 0.147 e. The summed E-state index contributed by atoms with van der Waals surface area (Å²) >= 11 is 0. The largest absolute Gasteiger partial charge is 0.198 e. The summed E-state index contributed by atoms with van der Waals surface area (Å²) in [5.74, 6) is -1.67. The molecule has 0 aromatic heterocycles. The Kier molecular flexibility index (Phi) is 6.79. The van der Waals surface area contributed by atoms with Gasteiger partial charge in [-0.15, -0.1) is 0 Å². The number of hydrogen-bond donors (Lipinski definition) is 0. The lowest BCUT2D eigenvalue weighted by molar-refractivity contribution is 0.358. The lowest BCUT2D eigenvalue weighted by atomic mass is 9.75. The highest BCUT2D eigenvalue weighted by atomic mass is 14.5. The van der Waals surface area contributed by atoms with Gasteiger partial charge < -0.3 is 0 Å². The topological polar surface area (TPSA) is 143 Å². The Hall–Kier alpha value is -3.06. The van der Waals surface area contributed by atoms with E-state index in [1.54, 1.807) is 12.1 Å². The van der Waals surface area contributed by atoms with Crippen LogP contribution in [0.1, 0.15) is 25.7 Å². The van der Waals surface area contributed by atoms with Gasteiger partial charge in [0, 0.05) is 18.8 Å². The van der Waals surface area contributed by atoms with Crippen molar-refractivity contribution >= 4 is 0 Å². The Balaban J connectivity index is 5.04. The summed E-state index contributed by atoms with van der Waals surface area (Å²) in [4.78, 5) is 0. The molecular weight excluding hydrogens is 240 g/mol. The molecule has 0 aliphatic heterocycles. The summed E-state index contributed by atoms with van der Waals surface area (Å²) in [6.45, 7) is 0. The van der Waals surface area contributed by atoms with Crippen molar-refractivity contribution in [3.63, 3.8) is 0 Å². The van der Waals surface area contributed by atoms with Crippen LogP contribution in [-0.2, 0) is 0 Å². The summed E-state index contributed by atoms with van der Waals surface area (Å²) in [6.07, 6.45) is 0.156. The molecule has 0 aliphatic carbocycles. The van der Waals surface area contributed by atoms with E-state index >= 15 is 0 Å². The van der Waals surface area contributed by atoms with Crippen molar-refractivity contribution in [3.05, 3.63) is 0 Å². The van der Waals surface area contributed by atoms with Crippen LogP contribution in [0.4, 0.5) is 0 Å². The van der Waals surface area contributed by atoms with Crippen molar-refractivity contribution in [1.29, 1.82) is 31.6 Å². The summed E-state index contributed by atoms with van der Waals surface area (Å²) in [7, 11) is 0. The van der Waals surface area contributed by atoms with E-state index in [0.717, 1.165) is 0 Å². The van der Waals surface area contributed by atoms with E-state index in [1.165, 1.54) is 0 Å². The van der Waals surface area contributed by atoms with Crippen molar-refractivity contribution in [1.82, 2.24) is 0 Å². The van der Waals surface area contributed by atoms with Crippen molar-refractivity contribution in [2.24, 2.45) is 17.3 Å². The molecule has 0 aliphatic rings. The molecule has 0 radical (unpaired) electrons. The fourth-order valence-electron chi connectivity index (χ4n) is 1.63. The van der Waals surface area contributed by atoms with Gasteiger partial charge in [0.1, 0.15) is 11.3 Å². The van der Waals surface area contributed by atoms with Crippen molar-refractivity contribution in [3.8, 4) is 36.4 Å². The zero-order valence-electron chi connectivity index (χ0n) is 10.2. The fourth-order valence-corrected chi connectivity index (χ4v) is 1.63. The third-order valence-electron chi connectivity index (χ3n) is 2.67. The van der Waals surface area contributed by atoms with E-state index in [0.29, 0.717) is 0 Å². The van der Waals surface area contributed by atoms with Crippen molar-refractivity contribution in [2.45, 2.75) is 25.7 Å². The smallest absolute Gasteiger partial charge is 0.147 e. The minimum absolute atomic E-state index is 0.0575. The molecular formula is C13H10N6. The predicted octanol–water partition coefficient (Wildman–Crippen LogP) is 1.91. The lowest BCUT2D eigenvalue weighted by Crippen LogP contribution is -2.23. The maximum atomic E-state index is 9.12. The number of rotatable bonds is 6. The molecule has 6 heteroatoms. The van der Waals surface area contributed by atoms with E-state index in [1.807, 2.05) is 24.3 Å². The van der Waals surface area contributed by atoms with Gasteiger partial charge in [-0.1, -0.05) is 0 Å². The van der Waals surface area contributed by atoms with Crippen LogP contribution in [0.5, 0.6) is 0 Å². The van der Waals surface area contributed by atoms with E-state index in [-0.39, 0.29) is 25.7 Å². The first-order chi connectivity index (χ1) is 9.11. The molecule has 1 atom stereocenters. The Bertz CT molecular complexity index is 523. The minimum atomic E-state index is -1.54. The van der Waals surface area contributed by atoms with Gasteiger partial charge in [0.05, 0.1) is 36.4 Å². The van der Waals surface area contributed by atoms with E-state index in [4.69, 9.17) is 31.6 Å². The van der Waals surface area contributed by atoms with E-state index < -0.39 is 17.3 Å². The number of nitrogens with zero attached hydrogens (tertiary/aromatic N) is 6. The molecule has 0 amide bonds. The first-order valence-electron chi connectivity index (χ1n) is 5.49. The van der Waals surface area contributed by atoms with Crippen LogP contribution in [0, 0.1) is 85.2 Å². The predicted molar refractivity (Wildman–Crippen MR) is 61.6 cm³/mol. The summed E-state index contributed by atoms with van der Waals surface area (Å²) < 4.78 is 0. The van der Waals surface area contributed by atoms with E-state index in [2.05, 4.69) is 0 Å². The van der Waals surface area contributed by atoms with Gasteiger partial charge in [0.25, 0.3) is 0 Å². The Morgan fingerprint density at radius 1 is 0.789 bits per heavy atom. The minimum Gasteiger partial charge on any atom is -0.198 e. The normalized spacial score (nSPS) is 10.9. The second-order valence-electron chi connectivity index (χ2n) is 4.05. The average Bonchev–Trinajstić information content (AvgIpc) is 2.47. The molecule has 0 bridgehead atoms. The van der Waals surface area contributed by atoms with Crippen LogP contribution in [0.2, 0.25) is 0 Å². The Morgan fingerprint density at radius 3 is 1.74 bits per heavy atom. The standard InChI is InChI=1S/C13H10N6/c14-3-1-2-11(6-15)4-13(9-18,10-19)5-12(7-16)8-17/h11-12H,1-2,4-5H2. The van der Waals surface area contributed by atoms with Crippen molar-refractivity contribution < 1.29 is 0 Å². The van der Waals surface area contributed by atoms with Crippen molar-refractivity contribution in [2.75, 3.05) is 0 Å². The van der Waals surface area contributed by atoms with Gasteiger partial charge in [-0.2, -0.15) is 31.6 Å². The second kappa shape index (κ2) is 8.09. The highest BCUT2D eigenvalue weighted by molar-refractivity contribution is 5.19. The van der Waals surface area contributed by atoms with Gasteiger partial charge in [0.15, 0.2) is 0 Å². The zero-order valence-corrected chi connectivity index (χ0v) is 10.2. The summed E-state index contributed by atoms with van der Waals surface area (Å²) in [6, 6.07) is 10.9. The van der Waals surface area contributed by atoms with E-state index in [9.17, 15) is 0 Å².